The first-order chi connectivity index (χ1) is 12.1. The zero-order valence-electron chi connectivity index (χ0n) is 14.3. The molecule has 0 saturated carbocycles. The first-order valence-corrected chi connectivity index (χ1v) is 10.2. The van der Waals surface area contributed by atoms with E-state index in [1.807, 2.05) is 24.3 Å². The van der Waals surface area contributed by atoms with Gasteiger partial charge >= 0.3 is 0 Å². The van der Waals surface area contributed by atoms with Crippen LogP contribution < -0.4 is 4.74 Å². The number of ether oxygens (including phenoxy) is 3. The van der Waals surface area contributed by atoms with Gasteiger partial charge in [0, 0.05) is 19.6 Å². The quantitative estimate of drug-likeness (QED) is 0.762. The van der Waals surface area contributed by atoms with Crippen LogP contribution in [0.5, 0.6) is 5.75 Å². The second-order valence-corrected chi connectivity index (χ2v) is 8.87. The molecule has 0 radical (unpaired) electrons. The lowest BCUT2D eigenvalue weighted by molar-refractivity contribution is -0.0619. The van der Waals surface area contributed by atoms with Crippen LogP contribution in [-0.4, -0.2) is 81.6 Å². The van der Waals surface area contributed by atoms with Crippen molar-refractivity contribution in [2.45, 2.75) is 24.7 Å². The summed E-state index contributed by atoms with van der Waals surface area (Å²) in [4.78, 5) is 2.31. The normalized spacial score (nSPS) is 30.4. The standard InChI is InChI=1S/C17H24N2O5S/c1-22-15-4-2-13(3-5-15)8-19-16-9-18(14-11-23-12-14)10-17(16)24-6-7-25(19,20)21/h2-5,14,16-17H,6-12H2,1H3/t16-,17+/m1/s1. The molecule has 0 aliphatic carbocycles. The Morgan fingerprint density at radius 3 is 2.60 bits per heavy atom. The smallest absolute Gasteiger partial charge is 0.217 e. The molecule has 0 amide bonds. The summed E-state index contributed by atoms with van der Waals surface area (Å²) in [6.07, 6.45) is -0.0730. The molecule has 0 spiro atoms. The van der Waals surface area contributed by atoms with E-state index in [0.717, 1.165) is 31.1 Å². The van der Waals surface area contributed by atoms with E-state index in [1.165, 1.54) is 0 Å². The highest BCUT2D eigenvalue weighted by atomic mass is 32.2. The van der Waals surface area contributed by atoms with E-state index in [9.17, 15) is 8.42 Å². The summed E-state index contributed by atoms with van der Waals surface area (Å²) >= 11 is 0. The molecule has 1 aromatic rings. The number of sulfonamides is 1. The number of hydrogen-bond donors (Lipinski definition) is 0. The molecule has 0 unspecified atom stereocenters. The van der Waals surface area contributed by atoms with Crippen LogP contribution >= 0.6 is 0 Å². The number of likely N-dealkylation sites (tertiary alicyclic amines) is 1. The second kappa shape index (κ2) is 6.85. The van der Waals surface area contributed by atoms with Crippen molar-refractivity contribution < 1.29 is 22.6 Å². The number of benzene rings is 1. The Kier molecular flexibility index (Phi) is 4.72. The Balaban J connectivity index is 1.56. The van der Waals surface area contributed by atoms with Gasteiger partial charge in [0.1, 0.15) is 5.75 Å². The summed E-state index contributed by atoms with van der Waals surface area (Å²) in [6.45, 7) is 3.56. The van der Waals surface area contributed by atoms with E-state index in [2.05, 4.69) is 4.90 Å². The molecule has 3 heterocycles. The van der Waals surface area contributed by atoms with Crippen molar-refractivity contribution in [3.8, 4) is 5.75 Å². The van der Waals surface area contributed by atoms with E-state index in [1.54, 1.807) is 11.4 Å². The second-order valence-electron chi connectivity index (χ2n) is 6.83. The lowest BCUT2D eigenvalue weighted by Gasteiger charge is -2.35. The maximum absolute atomic E-state index is 12.8. The van der Waals surface area contributed by atoms with Crippen molar-refractivity contribution in [1.29, 1.82) is 0 Å². The number of fused-ring (bicyclic) bond motifs is 1. The molecule has 0 N–H and O–H groups in total. The summed E-state index contributed by atoms with van der Waals surface area (Å²) in [5, 5.41) is 0. The van der Waals surface area contributed by atoms with Crippen LogP contribution in [0.1, 0.15) is 5.56 Å². The SMILES string of the molecule is COc1ccc(CN2[C@@H]3CN(C4COC4)C[C@@H]3OCCS2(=O)=O)cc1. The van der Waals surface area contributed by atoms with Crippen molar-refractivity contribution in [1.82, 2.24) is 9.21 Å². The van der Waals surface area contributed by atoms with Gasteiger partial charge in [0.15, 0.2) is 0 Å². The van der Waals surface area contributed by atoms with E-state index in [-0.39, 0.29) is 24.5 Å². The fourth-order valence-corrected chi connectivity index (χ4v) is 5.21. The third-order valence-electron chi connectivity index (χ3n) is 5.30. The summed E-state index contributed by atoms with van der Waals surface area (Å²) in [7, 11) is -1.73. The van der Waals surface area contributed by atoms with Gasteiger partial charge in [0.25, 0.3) is 0 Å². The van der Waals surface area contributed by atoms with Crippen molar-refractivity contribution >= 4 is 10.0 Å². The van der Waals surface area contributed by atoms with Crippen LogP contribution in [0.25, 0.3) is 0 Å². The molecule has 3 aliphatic rings. The Morgan fingerprint density at radius 2 is 1.96 bits per heavy atom. The Hall–Kier alpha value is -1.19. The number of methoxy groups -OCH3 is 1. The minimum absolute atomic E-state index is 0.0443. The average Bonchev–Trinajstić information content (AvgIpc) is 2.89. The van der Waals surface area contributed by atoms with Crippen LogP contribution in [0.2, 0.25) is 0 Å². The molecule has 2 atom stereocenters. The molecule has 1 aromatic carbocycles. The summed E-state index contributed by atoms with van der Waals surface area (Å²) in [5.74, 6) is 0.809. The van der Waals surface area contributed by atoms with Crippen molar-refractivity contribution in [2.24, 2.45) is 0 Å². The van der Waals surface area contributed by atoms with Gasteiger partial charge in [-0.15, -0.1) is 0 Å². The Labute approximate surface area is 148 Å². The highest BCUT2D eigenvalue weighted by molar-refractivity contribution is 7.89. The zero-order valence-corrected chi connectivity index (χ0v) is 15.2. The first-order valence-electron chi connectivity index (χ1n) is 8.63. The zero-order chi connectivity index (χ0) is 17.4. The lowest BCUT2D eigenvalue weighted by atomic mass is 10.1. The lowest BCUT2D eigenvalue weighted by Crippen LogP contribution is -2.50. The molecule has 3 aliphatic heterocycles. The number of rotatable bonds is 4. The van der Waals surface area contributed by atoms with Gasteiger partial charge in [0.05, 0.1) is 50.9 Å². The van der Waals surface area contributed by atoms with Crippen LogP contribution in [0.4, 0.5) is 0 Å². The molecule has 4 rings (SSSR count). The molecule has 138 valence electrons. The van der Waals surface area contributed by atoms with Crippen molar-refractivity contribution in [3.63, 3.8) is 0 Å². The molecule has 7 nitrogen and oxygen atoms in total. The highest BCUT2D eigenvalue weighted by Gasteiger charge is 2.46. The summed E-state index contributed by atoms with van der Waals surface area (Å²) in [6, 6.07) is 7.81. The van der Waals surface area contributed by atoms with Gasteiger partial charge in [-0.25, -0.2) is 8.42 Å². The van der Waals surface area contributed by atoms with E-state index < -0.39 is 10.0 Å². The van der Waals surface area contributed by atoms with Gasteiger partial charge in [-0.1, -0.05) is 12.1 Å². The minimum Gasteiger partial charge on any atom is -0.497 e. The molecule has 0 bridgehead atoms. The van der Waals surface area contributed by atoms with E-state index in [4.69, 9.17) is 14.2 Å². The van der Waals surface area contributed by atoms with Crippen molar-refractivity contribution in [2.75, 3.05) is 45.8 Å². The largest absolute Gasteiger partial charge is 0.497 e. The maximum atomic E-state index is 12.8. The van der Waals surface area contributed by atoms with E-state index >= 15 is 0 Å². The fourth-order valence-electron chi connectivity index (χ4n) is 3.71. The Morgan fingerprint density at radius 1 is 1.20 bits per heavy atom. The topological polar surface area (TPSA) is 68.3 Å². The van der Waals surface area contributed by atoms with Crippen LogP contribution in [-0.2, 0) is 26.0 Å². The van der Waals surface area contributed by atoms with Crippen LogP contribution in [0.3, 0.4) is 0 Å². The van der Waals surface area contributed by atoms with Gasteiger partial charge in [-0.05, 0) is 17.7 Å². The predicted molar refractivity (Wildman–Crippen MR) is 92.0 cm³/mol. The molecular weight excluding hydrogens is 344 g/mol. The molecular formula is C17H24N2O5S. The molecule has 25 heavy (non-hydrogen) atoms. The Bertz CT molecular complexity index is 704. The minimum atomic E-state index is -3.35. The predicted octanol–water partition coefficient (Wildman–Crippen LogP) is 0.309. The van der Waals surface area contributed by atoms with Crippen LogP contribution in [0.15, 0.2) is 24.3 Å². The van der Waals surface area contributed by atoms with Gasteiger partial charge in [0.2, 0.25) is 10.0 Å². The van der Waals surface area contributed by atoms with Gasteiger partial charge in [-0.2, -0.15) is 4.31 Å². The molecule has 3 saturated heterocycles. The average molecular weight is 368 g/mol. The third-order valence-corrected chi connectivity index (χ3v) is 7.10. The van der Waals surface area contributed by atoms with Crippen molar-refractivity contribution in [3.05, 3.63) is 29.8 Å². The molecule has 8 heteroatoms. The van der Waals surface area contributed by atoms with Crippen LogP contribution in [0, 0.1) is 0 Å². The maximum Gasteiger partial charge on any atom is 0.217 e. The third kappa shape index (κ3) is 3.41. The van der Waals surface area contributed by atoms with Gasteiger partial charge < -0.3 is 14.2 Å². The molecule has 3 fully saturated rings. The van der Waals surface area contributed by atoms with Gasteiger partial charge in [-0.3, -0.25) is 4.90 Å². The number of hydrogen-bond acceptors (Lipinski definition) is 6. The molecule has 0 aromatic heterocycles. The summed E-state index contributed by atoms with van der Waals surface area (Å²) in [5.41, 5.74) is 0.954. The number of nitrogens with zero attached hydrogens (tertiary/aromatic N) is 2. The van der Waals surface area contributed by atoms with E-state index in [0.29, 0.717) is 19.1 Å². The highest BCUT2D eigenvalue weighted by Crippen LogP contribution is 2.29. The fraction of sp³-hybridized carbons (Fsp3) is 0.647. The summed E-state index contributed by atoms with van der Waals surface area (Å²) < 4.78 is 43.6. The first kappa shape index (κ1) is 17.2. The monoisotopic (exact) mass is 368 g/mol.